The van der Waals surface area contributed by atoms with E-state index in [1.807, 2.05) is 0 Å². The van der Waals surface area contributed by atoms with Gasteiger partial charge in [-0.15, -0.1) is 0 Å². The van der Waals surface area contributed by atoms with Gasteiger partial charge in [-0.3, -0.25) is 4.68 Å². The highest BCUT2D eigenvalue weighted by atomic mass is 19.3. The van der Waals surface area contributed by atoms with E-state index >= 15 is 0 Å². The van der Waals surface area contributed by atoms with Crippen LogP contribution in [0, 0.1) is 0 Å². The Morgan fingerprint density at radius 1 is 1.23 bits per heavy atom. The van der Waals surface area contributed by atoms with Gasteiger partial charge in [0.25, 0.3) is 6.43 Å². The summed E-state index contributed by atoms with van der Waals surface area (Å²) in [6.07, 6.45) is -2.72. The Morgan fingerprint density at radius 2 is 1.86 bits per heavy atom. The molecule has 1 N–H and O–H groups in total. The fourth-order valence-corrected chi connectivity index (χ4v) is 2.12. The standard InChI is InChI=1S/C14H14F2N2O4/c1-18-10(6-9(17-18)14(19)20)7-4-12(22-3)8(13(15)16)5-11(7)21-2/h4-6,13H,1-3H3,(H,19,20). The quantitative estimate of drug-likeness (QED) is 0.919. The zero-order chi connectivity index (χ0) is 16.4. The Kier molecular flexibility index (Phi) is 4.30. The van der Waals surface area contributed by atoms with Crippen molar-refractivity contribution in [2.45, 2.75) is 6.43 Å². The Morgan fingerprint density at radius 3 is 2.32 bits per heavy atom. The van der Waals surface area contributed by atoms with E-state index in [-0.39, 0.29) is 22.8 Å². The average Bonchev–Trinajstić information content (AvgIpc) is 2.87. The van der Waals surface area contributed by atoms with Crippen LogP contribution in [0.5, 0.6) is 11.5 Å². The lowest BCUT2D eigenvalue weighted by molar-refractivity contribution is 0.0689. The Labute approximate surface area is 124 Å². The molecule has 0 saturated heterocycles. The molecule has 6 nitrogen and oxygen atoms in total. The number of aryl methyl sites for hydroxylation is 1. The van der Waals surface area contributed by atoms with Crippen LogP contribution in [0.2, 0.25) is 0 Å². The van der Waals surface area contributed by atoms with Crippen molar-refractivity contribution in [3.63, 3.8) is 0 Å². The number of rotatable bonds is 5. The van der Waals surface area contributed by atoms with E-state index in [1.54, 1.807) is 7.05 Å². The van der Waals surface area contributed by atoms with Crippen LogP contribution in [0.15, 0.2) is 18.2 Å². The molecule has 0 saturated carbocycles. The number of ether oxygens (including phenoxy) is 2. The number of benzene rings is 1. The lowest BCUT2D eigenvalue weighted by Gasteiger charge is -2.14. The van der Waals surface area contributed by atoms with Crippen molar-refractivity contribution in [1.29, 1.82) is 0 Å². The number of nitrogens with zero attached hydrogens (tertiary/aromatic N) is 2. The minimum Gasteiger partial charge on any atom is -0.496 e. The number of aromatic carboxylic acids is 1. The highest BCUT2D eigenvalue weighted by molar-refractivity contribution is 5.87. The minimum atomic E-state index is -2.72. The Bertz CT molecular complexity index is 713. The van der Waals surface area contributed by atoms with Crippen molar-refractivity contribution in [3.8, 4) is 22.8 Å². The molecule has 0 aliphatic carbocycles. The maximum atomic E-state index is 13.0. The fraction of sp³-hybridized carbons (Fsp3) is 0.286. The third-order valence-corrected chi connectivity index (χ3v) is 3.16. The van der Waals surface area contributed by atoms with Crippen molar-refractivity contribution in [3.05, 3.63) is 29.5 Å². The van der Waals surface area contributed by atoms with E-state index in [9.17, 15) is 13.6 Å². The van der Waals surface area contributed by atoms with Gasteiger partial charge >= 0.3 is 5.97 Å². The molecule has 0 spiro atoms. The van der Waals surface area contributed by atoms with E-state index in [4.69, 9.17) is 14.6 Å². The number of hydrogen-bond donors (Lipinski definition) is 1. The topological polar surface area (TPSA) is 73.6 Å². The van der Waals surface area contributed by atoms with Crippen LogP contribution in [0.1, 0.15) is 22.5 Å². The van der Waals surface area contributed by atoms with Gasteiger partial charge in [-0.2, -0.15) is 5.10 Å². The fourth-order valence-electron chi connectivity index (χ4n) is 2.12. The first kappa shape index (κ1) is 15.7. The molecule has 2 aromatic rings. The third-order valence-electron chi connectivity index (χ3n) is 3.16. The summed E-state index contributed by atoms with van der Waals surface area (Å²) in [6.45, 7) is 0. The summed E-state index contributed by atoms with van der Waals surface area (Å²) >= 11 is 0. The van der Waals surface area contributed by atoms with Gasteiger partial charge < -0.3 is 14.6 Å². The molecule has 0 atom stereocenters. The Hall–Kier alpha value is -2.64. The third kappa shape index (κ3) is 2.72. The Balaban J connectivity index is 2.66. The van der Waals surface area contributed by atoms with Gasteiger partial charge in [-0.05, 0) is 18.2 Å². The summed E-state index contributed by atoms with van der Waals surface area (Å²) in [4.78, 5) is 11.0. The molecule has 0 amide bonds. The summed E-state index contributed by atoms with van der Waals surface area (Å²) < 4.78 is 37.5. The number of aromatic nitrogens is 2. The number of alkyl halides is 2. The van der Waals surface area contributed by atoms with Gasteiger partial charge in [0.2, 0.25) is 0 Å². The van der Waals surface area contributed by atoms with Gasteiger partial charge in [0, 0.05) is 12.6 Å². The SMILES string of the molecule is COc1cc(C(F)F)c(OC)cc1-c1cc(C(=O)O)nn1C. The molecule has 1 aromatic carbocycles. The number of halogens is 2. The molecule has 22 heavy (non-hydrogen) atoms. The number of carboxylic acids is 1. The molecule has 8 heteroatoms. The molecular weight excluding hydrogens is 298 g/mol. The normalized spacial score (nSPS) is 10.8. The van der Waals surface area contributed by atoms with Crippen molar-refractivity contribution < 1.29 is 28.2 Å². The number of carbonyl (C=O) groups is 1. The first-order valence-electron chi connectivity index (χ1n) is 6.20. The zero-order valence-electron chi connectivity index (χ0n) is 12.1. The largest absolute Gasteiger partial charge is 0.496 e. The number of carboxylic acid groups (broad SMARTS) is 1. The second-order valence-electron chi connectivity index (χ2n) is 4.44. The van der Waals surface area contributed by atoms with Crippen LogP contribution in [0.3, 0.4) is 0 Å². The summed E-state index contributed by atoms with van der Waals surface area (Å²) in [5.74, 6) is -1.02. The lowest BCUT2D eigenvalue weighted by Crippen LogP contribution is -2.01. The summed E-state index contributed by atoms with van der Waals surface area (Å²) in [7, 11) is 4.17. The second-order valence-corrected chi connectivity index (χ2v) is 4.44. The van der Waals surface area contributed by atoms with Crippen molar-refractivity contribution in [1.82, 2.24) is 9.78 Å². The molecule has 0 aliphatic rings. The van der Waals surface area contributed by atoms with Crippen LogP contribution >= 0.6 is 0 Å². The summed E-state index contributed by atoms with van der Waals surface area (Å²) in [6, 6.07) is 3.89. The molecule has 0 radical (unpaired) electrons. The van der Waals surface area contributed by atoms with Crippen LogP contribution in [-0.4, -0.2) is 35.1 Å². The smallest absolute Gasteiger partial charge is 0.356 e. The molecule has 0 fully saturated rings. The maximum Gasteiger partial charge on any atom is 0.356 e. The van der Waals surface area contributed by atoms with Gasteiger partial charge in [0.1, 0.15) is 11.5 Å². The van der Waals surface area contributed by atoms with Crippen LogP contribution in [0.25, 0.3) is 11.3 Å². The molecule has 0 aliphatic heterocycles. The number of hydrogen-bond acceptors (Lipinski definition) is 4. The van der Waals surface area contributed by atoms with E-state index in [0.717, 1.165) is 0 Å². The summed E-state index contributed by atoms with van der Waals surface area (Å²) in [5.41, 5.74) is 0.361. The van der Waals surface area contributed by atoms with Crippen molar-refractivity contribution in [2.75, 3.05) is 14.2 Å². The van der Waals surface area contributed by atoms with Crippen LogP contribution in [-0.2, 0) is 7.05 Å². The van der Waals surface area contributed by atoms with Crippen LogP contribution < -0.4 is 9.47 Å². The predicted molar refractivity (Wildman–Crippen MR) is 73.7 cm³/mol. The molecular formula is C14H14F2N2O4. The first-order chi connectivity index (χ1) is 10.4. The molecule has 118 valence electrons. The van der Waals surface area contributed by atoms with Gasteiger partial charge in [0.15, 0.2) is 5.69 Å². The minimum absolute atomic E-state index is 0.0103. The predicted octanol–water partition coefficient (Wildman–Crippen LogP) is 2.74. The van der Waals surface area contributed by atoms with E-state index in [2.05, 4.69) is 5.10 Å². The van der Waals surface area contributed by atoms with Gasteiger partial charge in [0.05, 0.1) is 25.5 Å². The lowest BCUT2D eigenvalue weighted by atomic mass is 10.1. The highest BCUT2D eigenvalue weighted by Gasteiger charge is 2.21. The van der Waals surface area contributed by atoms with E-state index in [1.165, 1.54) is 37.1 Å². The van der Waals surface area contributed by atoms with Gasteiger partial charge in [-0.1, -0.05) is 0 Å². The van der Waals surface area contributed by atoms with Crippen molar-refractivity contribution >= 4 is 5.97 Å². The molecule has 0 bridgehead atoms. The van der Waals surface area contributed by atoms with Gasteiger partial charge in [-0.25, -0.2) is 13.6 Å². The highest BCUT2D eigenvalue weighted by Crippen LogP contribution is 2.39. The zero-order valence-corrected chi connectivity index (χ0v) is 12.1. The maximum absolute atomic E-state index is 13.0. The molecule has 2 rings (SSSR count). The van der Waals surface area contributed by atoms with E-state index in [0.29, 0.717) is 11.3 Å². The van der Waals surface area contributed by atoms with E-state index < -0.39 is 12.4 Å². The first-order valence-corrected chi connectivity index (χ1v) is 6.20. The van der Waals surface area contributed by atoms with Crippen LogP contribution in [0.4, 0.5) is 8.78 Å². The summed E-state index contributed by atoms with van der Waals surface area (Å²) in [5, 5.41) is 12.8. The average molecular weight is 312 g/mol. The molecule has 1 aromatic heterocycles. The second kappa shape index (κ2) is 6.00. The molecule has 1 heterocycles. The van der Waals surface area contributed by atoms with Crippen molar-refractivity contribution in [2.24, 2.45) is 7.05 Å². The molecule has 0 unspecified atom stereocenters. The monoisotopic (exact) mass is 312 g/mol. The number of methoxy groups -OCH3 is 2.